The van der Waals surface area contributed by atoms with Gasteiger partial charge in [0.25, 0.3) is 5.91 Å². The summed E-state index contributed by atoms with van der Waals surface area (Å²) in [5.74, 6) is -0.0920. The Bertz CT molecular complexity index is 1210. The number of anilines is 1. The molecule has 0 saturated carbocycles. The molecule has 31 heavy (non-hydrogen) atoms. The molecule has 0 bridgehead atoms. The maximum atomic E-state index is 13.0. The lowest BCUT2D eigenvalue weighted by Crippen LogP contribution is -2.15. The van der Waals surface area contributed by atoms with Gasteiger partial charge in [0.2, 0.25) is 0 Å². The van der Waals surface area contributed by atoms with E-state index in [0.29, 0.717) is 43.0 Å². The van der Waals surface area contributed by atoms with E-state index in [4.69, 9.17) is 34.8 Å². The van der Waals surface area contributed by atoms with Crippen molar-refractivity contribution in [2.24, 2.45) is 0 Å². The number of aromatic nitrogens is 5. The normalized spacial score (nSPS) is 10.8. The molecular weight excluding hydrogens is 479 g/mol. The first-order valence-corrected chi connectivity index (χ1v) is 11.0. The van der Waals surface area contributed by atoms with Crippen molar-refractivity contribution in [3.8, 4) is 5.69 Å². The van der Waals surface area contributed by atoms with Crippen LogP contribution in [0.5, 0.6) is 0 Å². The van der Waals surface area contributed by atoms with Crippen molar-refractivity contribution in [3.63, 3.8) is 0 Å². The molecule has 0 spiro atoms. The number of carbonyl (C=O) groups excluding carboxylic acids is 1. The van der Waals surface area contributed by atoms with Gasteiger partial charge in [0.1, 0.15) is 0 Å². The van der Waals surface area contributed by atoms with Crippen molar-refractivity contribution >= 4 is 58.2 Å². The number of halogens is 3. The highest BCUT2D eigenvalue weighted by atomic mass is 35.5. The van der Waals surface area contributed by atoms with Crippen LogP contribution >= 0.6 is 46.6 Å². The van der Waals surface area contributed by atoms with Gasteiger partial charge in [-0.3, -0.25) is 4.79 Å². The highest BCUT2D eigenvalue weighted by Crippen LogP contribution is 2.27. The van der Waals surface area contributed by atoms with Crippen LogP contribution in [0.2, 0.25) is 15.1 Å². The lowest BCUT2D eigenvalue weighted by Gasteiger charge is -2.09. The van der Waals surface area contributed by atoms with Crippen molar-refractivity contribution in [2.45, 2.75) is 10.9 Å². The molecule has 11 heteroatoms. The van der Waals surface area contributed by atoms with Crippen LogP contribution in [0.3, 0.4) is 0 Å². The number of nitrogens with zero attached hydrogens (tertiary/aromatic N) is 5. The predicted molar refractivity (Wildman–Crippen MR) is 122 cm³/mol. The molecule has 1 amide bonds. The maximum absolute atomic E-state index is 13.0. The summed E-state index contributed by atoms with van der Waals surface area (Å²) in [6.07, 6.45) is 3.29. The monoisotopic (exact) mass is 490 g/mol. The Morgan fingerprint density at radius 3 is 2.42 bits per heavy atom. The molecular formula is C20H13Cl3N6OS. The summed E-state index contributed by atoms with van der Waals surface area (Å²) in [5.41, 5.74) is 1.81. The van der Waals surface area contributed by atoms with Gasteiger partial charge in [0, 0.05) is 38.9 Å². The van der Waals surface area contributed by atoms with Crippen LogP contribution in [0, 0.1) is 0 Å². The maximum Gasteiger partial charge on any atom is 0.278 e. The fourth-order valence-corrected chi connectivity index (χ4v) is 4.23. The highest BCUT2D eigenvalue weighted by Gasteiger charge is 2.22. The second-order valence-electron chi connectivity index (χ2n) is 6.21. The van der Waals surface area contributed by atoms with E-state index in [0.717, 1.165) is 0 Å². The number of hydrogen-bond donors (Lipinski definition) is 1. The van der Waals surface area contributed by atoms with E-state index >= 15 is 0 Å². The van der Waals surface area contributed by atoms with E-state index in [1.54, 1.807) is 60.9 Å². The van der Waals surface area contributed by atoms with Crippen molar-refractivity contribution in [2.75, 3.05) is 5.32 Å². The molecule has 0 saturated heterocycles. The van der Waals surface area contributed by atoms with Gasteiger partial charge in [-0.15, -0.1) is 5.10 Å². The van der Waals surface area contributed by atoms with Crippen molar-refractivity contribution < 1.29 is 4.79 Å². The molecule has 0 atom stereocenters. The number of benzene rings is 2. The van der Waals surface area contributed by atoms with Crippen LogP contribution in [0.25, 0.3) is 5.69 Å². The minimum Gasteiger partial charge on any atom is -0.320 e. The van der Waals surface area contributed by atoms with Gasteiger partial charge in [0.15, 0.2) is 10.9 Å². The number of hydrogen-bond acceptors (Lipinski definition) is 6. The number of amides is 1. The Morgan fingerprint density at radius 1 is 0.968 bits per heavy atom. The van der Waals surface area contributed by atoms with E-state index in [2.05, 4.69) is 25.6 Å². The summed E-state index contributed by atoms with van der Waals surface area (Å²) in [5, 5.41) is 13.0. The number of thioether (sulfide) groups is 1. The van der Waals surface area contributed by atoms with Crippen molar-refractivity contribution in [3.05, 3.63) is 87.4 Å². The van der Waals surface area contributed by atoms with Crippen LogP contribution < -0.4 is 5.32 Å². The molecule has 2 aromatic heterocycles. The van der Waals surface area contributed by atoms with E-state index in [9.17, 15) is 4.79 Å². The molecule has 1 N–H and O–H groups in total. The Labute approximate surface area is 196 Å². The third-order valence-corrected chi connectivity index (χ3v) is 5.59. The SMILES string of the molecule is O=C(Nc1cccc(Cl)c1)c1nnn(-c2cc(Cl)cc(Cl)c2)c1CSc1ncccn1. The lowest BCUT2D eigenvalue weighted by molar-refractivity contribution is 0.102. The Balaban J connectivity index is 1.70. The molecule has 0 fully saturated rings. The molecule has 2 aromatic carbocycles. The van der Waals surface area contributed by atoms with Crippen LogP contribution in [-0.4, -0.2) is 30.9 Å². The van der Waals surface area contributed by atoms with Gasteiger partial charge in [-0.25, -0.2) is 14.6 Å². The molecule has 4 rings (SSSR count). The zero-order valence-corrected chi connectivity index (χ0v) is 18.8. The van der Waals surface area contributed by atoms with E-state index in [1.165, 1.54) is 16.4 Å². The predicted octanol–water partition coefficient (Wildman–Crippen LogP) is 5.56. The quantitative estimate of drug-likeness (QED) is 0.281. The fraction of sp³-hybridized carbons (Fsp3) is 0.0500. The summed E-state index contributed by atoms with van der Waals surface area (Å²) < 4.78 is 1.53. The molecule has 0 aliphatic carbocycles. The minimum absolute atomic E-state index is 0.152. The molecule has 0 aliphatic rings. The fourth-order valence-electron chi connectivity index (χ4n) is 2.73. The van der Waals surface area contributed by atoms with Gasteiger partial charge in [0.05, 0.1) is 11.4 Å². The summed E-state index contributed by atoms with van der Waals surface area (Å²) >= 11 is 19.7. The second kappa shape index (κ2) is 9.65. The van der Waals surface area contributed by atoms with Gasteiger partial charge in [-0.1, -0.05) is 57.8 Å². The van der Waals surface area contributed by atoms with Gasteiger partial charge < -0.3 is 5.32 Å². The van der Waals surface area contributed by atoms with Crippen molar-refractivity contribution in [1.29, 1.82) is 0 Å². The third-order valence-electron chi connectivity index (χ3n) is 4.03. The van der Waals surface area contributed by atoms with Crippen LogP contribution in [0.1, 0.15) is 16.2 Å². The van der Waals surface area contributed by atoms with Crippen LogP contribution in [0.4, 0.5) is 5.69 Å². The number of carbonyl (C=O) groups is 1. The Hall–Kier alpha value is -2.65. The summed E-state index contributed by atoms with van der Waals surface area (Å²) in [7, 11) is 0. The number of nitrogens with one attached hydrogen (secondary N) is 1. The molecule has 156 valence electrons. The molecule has 7 nitrogen and oxygen atoms in total. The third kappa shape index (κ3) is 5.34. The minimum atomic E-state index is -0.425. The zero-order chi connectivity index (χ0) is 21.8. The molecule has 2 heterocycles. The van der Waals surface area contributed by atoms with E-state index in [1.807, 2.05) is 0 Å². The average molecular weight is 492 g/mol. The Morgan fingerprint density at radius 2 is 1.71 bits per heavy atom. The highest BCUT2D eigenvalue weighted by molar-refractivity contribution is 7.98. The van der Waals surface area contributed by atoms with Gasteiger partial charge in [-0.05, 0) is 42.5 Å². The lowest BCUT2D eigenvalue weighted by atomic mass is 10.2. The van der Waals surface area contributed by atoms with Gasteiger partial charge >= 0.3 is 0 Å². The molecule has 0 aliphatic heterocycles. The first-order valence-electron chi connectivity index (χ1n) is 8.87. The van der Waals surface area contributed by atoms with Crippen LogP contribution in [0.15, 0.2) is 66.1 Å². The molecule has 0 radical (unpaired) electrons. The smallest absolute Gasteiger partial charge is 0.278 e. The molecule has 0 unspecified atom stereocenters. The standard InChI is InChI=1S/C20H13Cl3N6OS/c21-12-3-1-4-15(8-12)26-19(30)18-17(11-31-20-24-5-2-6-25-20)29(28-27-18)16-9-13(22)7-14(23)10-16/h1-10H,11H2,(H,26,30). The number of rotatable bonds is 6. The van der Waals surface area contributed by atoms with Crippen molar-refractivity contribution in [1.82, 2.24) is 25.0 Å². The first-order chi connectivity index (χ1) is 15.0. The second-order valence-corrected chi connectivity index (χ2v) is 8.46. The van der Waals surface area contributed by atoms with E-state index < -0.39 is 5.91 Å². The summed E-state index contributed by atoms with van der Waals surface area (Å²) in [6.45, 7) is 0. The first kappa shape index (κ1) is 21.6. The Kier molecular flexibility index (Phi) is 6.72. The molecule has 4 aromatic rings. The topological polar surface area (TPSA) is 85.6 Å². The average Bonchev–Trinajstić information content (AvgIpc) is 3.16. The summed E-state index contributed by atoms with van der Waals surface area (Å²) in [6, 6.07) is 13.6. The zero-order valence-electron chi connectivity index (χ0n) is 15.7. The summed E-state index contributed by atoms with van der Waals surface area (Å²) in [4.78, 5) is 21.4. The van der Waals surface area contributed by atoms with Crippen LogP contribution in [-0.2, 0) is 5.75 Å². The van der Waals surface area contributed by atoms with E-state index in [-0.39, 0.29) is 5.69 Å². The van der Waals surface area contributed by atoms with Gasteiger partial charge in [-0.2, -0.15) is 0 Å². The largest absolute Gasteiger partial charge is 0.320 e.